The van der Waals surface area contributed by atoms with Crippen LogP contribution in [0.15, 0.2) is 24.3 Å². The van der Waals surface area contributed by atoms with E-state index in [0.717, 1.165) is 11.3 Å². The molecule has 1 atom stereocenters. The molecule has 0 bridgehead atoms. The Morgan fingerprint density at radius 1 is 1.14 bits per heavy atom. The van der Waals surface area contributed by atoms with Gasteiger partial charge in [-0.15, -0.1) is 0 Å². The third-order valence-corrected chi connectivity index (χ3v) is 4.27. The molecule has 1 aromatic heterocycles. The van der Waals surface area contributed by atoms with Crippen LogP contribution in [-0.4, -0.2) is 21.7 Å². The highest BCUT2D eigenvalue weighted by atomic mass is 16.2. The Kier molecular flexibility index (Phi) is 4.69. The van der Waals surface area contributed by atoms with Gasteiger partial charge in [-0.3, -0.25) is 9.48 Å². The number of nitrogens with zero attached hydrogens (tertiary/aromatic N) is 2. The Balaban J connectivity index is 2.27. The molecule has 0 fully saturated rings. The molecule has 1 amide bonds. The van der Waals surface area contributed by atoms with Crippen molar-refractivity contribution in [1.29, 1.82) is 0 Å². The van der Waals surface area contributed by atoms with E-state index in [9.17, 15) is 4.79 Å². The summed E-state index contributed by atoms with van der Waals surface area (Å²) in [6.07, 6.45) is 0. The molecule has 2 rings (SSSR count). The average Bonchev–Trinajstić information content (AvgIpc) is 2.83. The normalized spacial score (nSPS) is 12.5. The molecule has 0 unspecified atom stereocenters. The van der Waals surface area contributed by atoms with Crippen LogP contribution in [0.4, 0.5) is 0 Å². The molecule has 1 heterocycles. The third-order valence-electron chi connectivity index (χ3n) is 4.27. The lowest BCUT2D eigenvalue weighted by atomic mass is 10.0. The number of benzene rings is 1. The van der Waals surface area contributed by atoms with Crippen LogP contribution in [0.1, 0.15) is 42.4 Å². The number of amides is 1. The van der Waals surface area contributed by atoms with Crippen LogP contribution in [0.25, 0.3) is 11.3 Å². The van der Waals surface area contributed by atoms with Crippen molar-refractivity contribution in [2.24, 2.45) is 13.0 Å². The first-order chi connectivity index (χ1) is 10.3. The second-order valence-corrected chi connectivity index (χ2v) is 6.34. The van der Waals surface area contributed by atoms with E-state index in [-0.39, 0.29) is 11.9 Å². The van der Waals surface area contributed by atoms with Crippen molar-refractivity contribution in [2.45, 2.75) is 40.7 Å². The predicted octanol–water partition coefficient (Wildman–Crippen LogP) is 3.48. The third kappa shape index (κ3) is 3.38. The van der Waals surface area contributed by atoms with Crippen molar-refractivity contribution in [2.75, 3.05) is 0 Å². The Labute approximate surface area is 132 Å². The van der Waals surface area contributed by atoms with E-state index >= 15 is 0 Å². The van der Waals surface area contributed by atoms with Gasteiger partial charge in [0, 0.05) is 18.7 Å². The van der Waals surface area contributed by atoms with Gasteiger partial charge in [0.1, 0.15) is 5.69 Å². The molecule has 4 nitrogen and oxygen atoms in total. The molecule has 0 aliphatic heterocycles. The van der Waals surface area contributed by atoms with Gasteiger partial charge in [0.05, 0.1) is 5.69 Å². The number of carbonyl (C=O) groups is 1. The van der Waals surface area contributed by atoms with Gasteiger partial charge in [-0.05, 0) is 49.9 Å². The second kappa shape index (κ2) is 6.34. The van der Waals surface area contributed by atoms with E-state index < -0.39 is 0 Å². The maximum atomic E-state index is 12.4. The maximum absolute atomic E-state index is 12.4. The molecular weight excluding hydrogens is 274 g/mol. The number of aryl methyl sites for hydroxylation is 3. The highest BCUT2D eigenvalue weighted by Gasteiger charge is 2.17. The Bertz CT molecular complexity index is 686. The summed E-state index contributed by atoms with van der Waals surface area (Å²) >= 11 is 0. The minimum Gasteiger partial charge on any atom is -0.348 e. The molecule has 1 N–H and O–H groups in total. The Morgan fingerprint density at radius 3 is 2.41 bits per heavy atom. The van der Waals surface area contributed by atoms with Crippen LogP contribution in [0.5, 0.6) is 0 Å². The number of aromatic nitrogens is 2. The number of hydrogen-bond acceptors (Lipinski definition) is 2. The van der Waals surface area contributed by atoms with Crippen molar-refractivity contribution >= 4 is 5.91 Å². The van der Waals surface area contributed by atoms with Gasteiger partial charge < -0.3 is 5.32 Å². The Morgan fingerprint density at radius 2 is 1.82 bits per heavy atom. The highest BCUT2D eigenvalue weighted by Crippen LogP contribution is 2.22. The van der Waals surface area contributed by atoms with Crippen LogP contribution in [0.2, 0.25) is 0 Å². The molecule has 0 saturated carbocycles. The fraction of sp³-hybridized carbons (Fsp3) is 0.444. The van der Waals surface area contributed by atoms with E-state index in [1.807, 2.05) is 19.1 Å². The molecule has 4 heteroatoms. The van der Waals surface area contributed by atoms with Gasteiger partial charge in [-0.1, -0.05) is 26.0 Å². The van der Waals surface area contributed by atoms with E-state index in [0.29, 0.717) is 11.6 Å². The van der Waals surface area contributed by atoms with Gasteiger partial charge in [0.25, 0.3) is 5.91 Å². The maximum Gasteiger partial charge on any atom is 0.269 e. The lowest BCUT2D eigenvalue weighted by Gasteiger charge is -2.17. The first kappa shape index (κ1) is 16.3. The average molecular weight is 299 g/mol. The smallest absolute Gasteiger partial charge is 0.269 e. The molecule has 2 aromatic rings. The minimum absolute atomic E-state index is 0.0775. The van der Waals surface area contributed by atoms with Crippen LogP contribution in [0.3, 0.4) is 0 Å². The van der Waals surface area contributed by atoms with Crippen molar-refractivity contribution in [3.05, 3.63) is 41.1 Å². The first-order valence-electron chi connectivity index (χ1n) is 7.72. The molecule has 22 heavy (non-hydrogen) atoms. The van der Waals surface area contributed by atoms with Crippen molar-refractivity contribution < 1.29 is 4.79 Å². The summed E-state index contributed by atoms with van der Waals surface area (Å²) in [4.78, 5) is 12.4. The molecule has 1 aromatic carbocycles. The standard InChI is InChI=1S/C18H25N3O/c1-11(2)14(5)19-18(22)17-10-16(20-21(17)6)15-8-7-12(3)13(4)9-15/h7-11,14H,1-6H3,(H,19,22)/t14-/m0/s1. The molecule has 0 saturated heterocycles. The SMILES string of the molecule is Cc1ccc(-c2cc(C(=O)N[C@@H](C)C(C)C)n(C)n2)cc1C. The van der Waals surface area contributed by atoms with Crippen LogP contribution >= 0.6 is 0 Å². The summed E-state index contributed by atoms with van der Waals surface area (Å²) < 4.78 is 1.65. The summed E-state index contributed by atoms with van der Waals surface area (Å²) in [5, 5.41) is 7.50. The predicted molar refractivity (Wildman–Crippen MR) is 89.9 cm³/mol. The van der Waals surface area contributed by atoms with Crippen molar-refractivity contribution in [3.63, 3.8) is 0 Å². The van der Waals surface area contributed by atoms with Gasteiger partial charge in [-0.25, -0.2) is 0 Å². The Hall–Kier alpha value is -2.10. The largest absolute Gasteiger partial charge is 0.348 e. The van der Waals surface area contributed by atoms with Crippen molar-refractivity contribution in [1.82, 2.24) is 15.1 Å². The quantitative estimate of drug-likeness (QED) is 0.939. The van der Waals surface area contributed by atoms with Gasteiger partial charge >= 0.3 is 0 Å². The minimum atomic E-state index is -0.0775. The highest BCUT2D eigenvalue weighted by molar-refractivity contribution is 5.93. The number of carbonyl (C=O) groups excluding carboxylic acids is 1. The number of nitrogens with one attached hydrogen (secondary N) is 1. The number of hydrogen-bond donors (Lipinski definition) is 1. The summed E-state index contributed by atoms with van der Waals surface area (Å²) in [6.45, 7) is 10.4. The summed E-state index contributed by atoms with van der Waals surface area (Å²) in [7, 11) is 1.81. The van der Waals surface area contributed by atoms with E-state index in [1.54, 1.807) is 11.7 Å². The summed E-state index contributed by atoms with van der Waals surface area (Å²) in [5.74, 6) is 0.322. The van der Waals surface area contributed by atoms with Gasteiger partial charge in [0.15, 0.2) is 0 Å². The zero-order chi connectivity index (χ0) is 16.4. The van der Waals surface area contributed by atoms with E-state index in [2.05, 4.69) is 50.2 Å². The molecule has 0 radical (unpaired) electrons. The monoisotopic (exact) mass is 299 g/mol. The summed E-state index contributed by atoms with van der Waals surface area (Å²) in [6, 6.07) is 8.22. The molecule has 118 valence electrons. The van der Waals surface area contributed by atoms with E-state index in [1.165, 1.54) is 11.1 Å². The fourth-order valence-corrected chi connectivity index (χ4v) is 2.17. The lowest BCUT2D eigenvalue weighted by Crippen LogP contribution is -2.37. The van der Waals surface area contributed by atoms with E-state index in [4.69, 9.17) is 0 Å². The summed E-state index contributed by atoms with van der Waals surface area (Å²) in [5.41, 5.74) is 4.93. The second-order valence-electron chi connectivity index (χ2n) is 6.34. The molecule has 0 spiro atoms. The van der Waals surface area contributed by atoms with Gasteiger partial charge in [0.2, 0.25) is 0 Å². The van der Waals surface area contributed by atoms with Crippen LogP contribution in [-0.2, 0) is 7.05 Å². The molecule has 0 aliphatic carbocycles. The first-order valence-corrected chi connectivity index (χ1v) is 7.72. The fourth-order valence-electron chi connectivity index (χ4n) is 2.17. The van der Waals surface area contributed by atoms with Gasteiger partial charge in [-0.2, -0.15) is 5.10 Å². The number of rotatable bonds is 4. The van der Waals surface area contributed by atoms with Crippen LogP contribution < -0.4 is 5.32 Å². The zero-order valence-corrected chi connectivity index (χ0v) is 14.3. The van der Waals surface area contributed by atoms with Crippen molar-refractivity contribution in [3.8, 4) is 11.3 Å². The molecule has 0 aliphatic rings. The molecular formula is C18H25N3O. The zero-order valence-electron chi connectivity index (χ0n) is 14.3. The van der Waals surface area contributed by atoms with Crippen LogP contribution in [0, 0.1) is 19.8 Å². The topological polar surface area (TPSA) is 46.9 Å². The lowest BCUT2D eigenvalue weighted by molar-refractivity contribution is 0.0921.